The van der Waals surface area contributed by atoms with E-state index in [2.05, 4.69) is 10.6 Å². The van der Waals surface area contributed by atoms with E-state index in [1.54, 1.807) is 17.4 Å². The second-order valence-corrected chi connectivity index (χ2v) is 5.21. The van der Waals surface area contributed by atoms with Gasteiger partial charge in [0.1, 0.15) is 0 Å². The Kier molecular flexibility index (Phi) is 4.66. The highest BCUT2D eigenvalue weighted by Gasteiger charge is 2.21. The van der Waals surface area contributed by atoms with Crippen molar-refractivity contribution in [2.24, 2.45) is 5.92 Å². The van der Waals surface area contributed by atoms with Crippen LogP contribution in [0.3, 0.4) is 0 Å². The molecule has 2 amide bonds. The van der Waals surface area contributed by atoms with Crippen molar-refractivity contribution in [1.29, 1.82) is 0 Å². The number of rotatable bonds is 3. The van der Waals surface area contributed by atoms with Gasteiger partial charge in [0.05, 0.1) is 0 Å². The maximum absolute atomic E-state index is 11.8. The van der Waals surface area contributed by atoms with E-state index in [9.17, 15) is 9.59 Å². The Labute approximate surface area is 110 Å². The van der Waals surface area contributed by atoms with Crippen molar-refractivity contribution in [2.75, 3.05) is 13.1 Å². The molecule has 0 radical (unpaired) electrons. The molecule has 96 valence electrons. The lowest BCUT2D eigenvalue weighted by molar-refractivity contribution is -0.131. The minimum atomic E-state index is -0.341. The van der Waals surface area contributed by atoms with Gasteiger partial charge in [-0.1, -0.05) is 6.07 Å². The SMILES string of the molecule is O=C(/C=C/c1cccs1)NC(=O)C1CCNCC1. The van der Waals surface area contributed by atoms with E-state index in [1.807, 2.05) is 17.5 Å². The summed E-state index contributed by atoms with van der Waals surface area (Å²) in [7, 11) is 0. The number of carbonyl (C=O) groups excluding carboxylic acids is 2. The Hall–Kier alpha value is -1.46. The van der Waals surface area contributed by atoms with E-state index in [0.717, 1.165) is 30.8 Å². The maximum atomic E-state index is 11.8. The molecule has 5 heteroatoms. The van der Waals surface area contributed by atoms with Gasteiger partial charge in [0, 0.05) is 16.9 Å². The molecule has 1 aliphatic rings. The number of amides is 2. The molecule has 1 aromatic rings. The molecule has 2 N–H and O–H groups in total. The second kappa shape index (κ2) is 6.47. The standard InChI is InChI=1S/C13H16N2O2S/c16-12(4-3-11-2-1-9-18-11)15-13(17)10-5-7-14-8-6-10/h1-4,9-10,14H,5-8H2,(H,15,16,17)/b4-3+. The van der Waals surface area contributed by atoms with Gasteiger partial charge in [-0.05, 0) is 43.5 Å². The third-order valence-electron chi connectivity index (χ3n) is 2.90. The summed E-state index contributed by atoms with van der Waals surface area (Å²) in [6.07, 6.45) is 4.72. The van der Waals surface area contributed by atoms with Crippen molar-refractivity contribution in [3.8, 4) is 0 Å². The lowest BCUT2D eigenvalue weighted by Gasteiger charge is -2.20. The molecule has 0 spiro atoms. The summed E-state index contributed by atoms with van der Waals surface area (Å²) >= 11 is 1.55. The lowest BCUT2D eigenvalue weighted by Crippen LogP contribution is -2.40. The summed E-state index contributed by atoms with van der Waals surface area (Å²) < 4.78 is 0. The van der Waals surface area contributed by atoms with E-state index in [0.29, 0.717) is 0 Å². The zero-order valence-corrected chi connectivity index (χ0v) is 10.8. The minimum absolute atomic E-state index is 0.0367. The lowest BCUT2D eigenvalue weighted by atomic mass is 9.97. The van der Waals surface area contributed by atoms with Crippen LogP contribution in [0, 0.1) is 5.92 Å². The molecule has 4 nitrogen and oxygen atoms in total. The highest BCUT2D eigenvalue weighted by atomic mass is 32.1. The largest absolute Gasteiger partial charge is 0.317 e. The number of nitrogens with one attached hydrogen (secondary N) is 2. The van der Waals surface area contributed by atoms with Crippen LogP contribution in [0.1, 0.15) is 17.7 Å². The Morgan fingerprint density at radius 3 is 2.83 bits per heavy atom. The van der Waals surface area contributed by atoms with E-state index in [4.69, 9.17) is 0 Å². The first-order chi connectivity index (χ1) is 8.75. The van der Waals surface area contributed by atoms with Crippen LogP contribution in [0.15, 0.2) is 23.6 Å². The van der Waals surface area contributed by atoms with Crippen LogP contribution >= 0.6 is 11.3 Å². The summed E-state index contributed by atoms with van der Waals surface area (Å²) in [5, 5.41) is 7.56. The zero-order chi connectivity index (χ0) is 12.8. The topological polar surface area (TPSA) is 58.2 Å². The van der Waals surface area contributed by atoms with Crippen molar-refractivity contribution < 1.29 is 9.59 Å². The Morgan fingerprint density at radius 2 is 2.17 bits per heavy atom. The Bertz CT molecular complexity index is 434. The fraction of sp³-hybridized carbons (Fsp3) is 0.385. The van der Waals surface area contributed by atoms with Gasteiger partial charge in [-0.2, -0.15) is 0 Å². The van der Waals surface area contributed by atoms with Crippen LogP contribution in [0.2, 0.25) is 0 Å². The Balaban J connectivity index is 1.81. The van der Waals surface area contributed by atoms with Crippen LogP contribution in [0.25, 0.3) is 6.08 Å². The zero-order valence-electron chi connectivity index (χ0n) is 10.0. The van der Waals surface area contributed by atoms with Crippen molar-refractivity contribution >= 4 is 29.2 Å². The van der Waals surface area contributed by atoms with Crippen LogP contribution in [-0.2, 0) is 9.59 Å². The molecular weight excluding hydrogens is 248 g/mol. The summed E-state index contributed by atoms with van der Waals surface area (Å²) in [5.74, 6) is -0.533. The third kappa shape index (κ3) is 3.78. The average molecular weight is 264 g/mol. The van der Waals surface area contributed by atoms with Crippen molar-refractivity contribution in [2.45, 2.75) is 12.8 Å². The first-order valence-corrected chi connectivity index (χ1v) is 6.91. The number of hydrogen-bond donors (Lipinski definition) is 2. The van der Waals surface area contributed by atoms with Crippen LogP contribution in [0.5, 0.6) is 0 Å². The maximum Gasteiger partial charge on any atom is 0.250 e. The van der Waals surface area contributed by atoms with Gasteiger partial charge in [-0.25, -0.2) is 0 Å². The smallest absolute Gasteiger partial charge is 0.250 e. The molecule has 1 saturated heterocycles. The number of hydrogen-bond acceptors (Lipinski definition) is 4. The van der Waals surface area contributed by atoms with Gasteiger partial charge in [0.2, 0.25) is 5.91 Å². The molecule has 1 aliphatic heterocycles. The molecule has 2 rings (SSSR count). The predicted molar refractivity (Wildman–Crippen MR) is 72.1 cm³/mol. The fourth-order valence-electron chi connectivity index (χ4n) is 1.89. The van der Waals surface area contributed by atoms with Crippen LogP contribution in [-0.4, -0.2) is 24.9 Å². The molecular formula is C13H16N2O2S. The monoisotopic (exact) mass is 264 g/mol. The highest BCUT2D eigenvalue weighted by Crippen LogP contribution is 2.12. The number of piperidine rings is 1. The molecule has 0 unspecified atom stereocenters. The summed E-state index contributed by atoms with van der Waals surface area (Å²) in [5.41, 5.74) is 0. The van der Waals surface area contributed by atoms with E-state index >= 15 is 0 Å². The van der Waals surface area contributed by atoms with Gasteiger partial charge in [-0.3, -0.25) is 14.9 Å². The Morgan fingerprint density at radius 1 is 1.39 bits per heavy atom. The first kappa shape index (κ1) is 13.0. The molecule has 1 fully saturated rings. The second-order valence-electron chi connectivity index (χ2n) is 4.23. The molecule has 18 heavy (non-hydrogen) atoms. The molecule has 0 aromatic carbocycles. The van der Waals surface area contributed by atoms with Crippen LogP contribution < -0.4 is 10.6 Å². The molecule has 0 bridgehead atoms. The predicted octanol–water partition coefficient (Wildman–Crippen LogP) is 1.40. The normalized spacial score (nSPS) is 16.9. The first-order valence-electron chi connectivity index (χ1n) is 6.03. The average Bonchev–Trinajstić information content (AvgIpc) is 2.90. The summed E-state index contributed by atoms with van der Waals surface area (Å²) in [6, 6.07) is 3.84. The third-order valence-corrected chi connectivity index (χ3v) is 3.74. The van der Waals surface area contributed by atoms with Crippen molar-refractivity contribution in [3.63, 3.8) is 0 Å². The molecule has 0 saturated carbocycles. The number of carbonyl (C=O) groups is 2. The quantitative estimate of drug-likeness (QED) is 0.811. The number of thiophene rings is 1. The van der Waals surface area contributed by atoms with Crippen molar-refractivity contribution in [1.82, 2.24) is 10.6 Å². The van der Waals surface area contributed by atoms with Crippen molar-refractivity contribution in [3.05, 3.63) is 28.5 Å². The minimum Gasteiger partial charge on any atom is -0.317 e. The van der Waals surface area contributed by atoms with Gasteiger partial charge in [0.25, 0.3) is 5.91 Å². The summed E-state index contributed by atoms with van der Waals surface area (Å²) in [6.45, 7) is 1.69. The molecule has 2 heterocycles. The van der Waals surface area contributed by atoms with Gasteiger partial charge in [0.15, 0.2) is 0 Å². The molecule has 0 aliphatic carbocycles. The van der Waals surface area contributed by atoms with Gasteiger partial charge in [-0.15, -0.1) is 11.3 Å². The van der Waals surface area contributed by atoms with E-state index in [-0.39, 0.29) is 17.7 Å². The van der Waals surface area contributed by atoms with Gasteiger partial charge < -0.3 is 5.32 Å². The molecule has 1 aromatic heterocycles. The van der Waals surface area contributed by atoms with E-state index in [1.165, 1.54) is 6.08 Å². The van der Waals surface area contributed by atoms with Crippen LogP contribution in [0.4, 0.5) is 0 Å². The van der Waals surface area contributed by atoms with Gasteiger partial charge >= 0.3 is 0 Å². The highest BCUT2D eigenvalue weighted by molar-refractivity contribution is 7.10. The summed E-state index contributed by atoms with van der Waals surface area (Å²) in [4.78, 5) is 24.3. The molecule has 0 atom stereocenters. The fourth-order valence-corrected chi connectivity index (χ4v) is 2.51. The van der Waals surface area contributed by atoms with E-state index < -0.39 is 0 Å². The number of imide groups is 1.